The van der Waals surface area contributed by atoms with Gasteiger partial charge in [0.2, 0.25) is 0 Å². The van der Waals surface area contributed by atoms with Gasteiger partial charge >= 0.3 is 0 Å². The quantitative estimate of drug-likeness (QED) is 0.774. The van der Waals surface area contributed by atoms with Gasteiger partial charge in [-0.15, -0.1) is 0 Å². The molecule has 1 aromatic rings. The minimum absolute atomic E-state index is 0.101. The van der Waals surface area contributed by atoms with Gasteiger partial charge in [-0.2, -0.15) is 0 Å². The highest BCUT2D eigenvalue weighted by molar-refractivity contribution is 5.43. The Morgan fingerprint density at radius 1 is 1.24 bits per heavy atom. The lowest BCUT2D eigenvalue weighted by Gasteiger charge is -2.27. The van der Waals surface area contributed by atoms with E-state index < -0.39 is 0 Å². The van der Waals surface area contributed by atoms with Crippen LogP contribution in [0.15, 0.2) is 65.8 Å². The van der Waals surface area contributed by atoms with E-state index >= 15 is 0 Å². The van der Waals surface area contributed by atoms with Crippen molar-refractivity contribution >= 4 is 0 Å². The highest BCUT2D eigenvalue weighted by Crippen LogP contribution is 2.27. The fourth-order valence-corrected chi connectivity index (χ4v) is 2.07. The predicted octanol–water partition coefficient (Wildman–Crippen LogP) is 2.57. The summed E-state index contributed by atoms with van der Waals surface area (Å²) in [5.41, 5.74) is 2.93. The van der Waals surface area contributed by atoms with Gasteiger partial charge < -0.3 is 15.2 Å². The minimum Gasteiger partial charge on any atom is -0.503 e. The van der Waals surface area contributed by atoms with Crippen molar-refractivity contribution < 1.29 is 9.84 Å². The lowest BCUT2D eigenvalue weighted by molar-refractivity contribution is 0.241. The smallest absolute Gasteiger partial charge is 0.174 e. The second-order valence-corrected chi connectivity index (χ2v) is 4.11. The van der Waals surface area contributed by atoms with Crippen molar-refractivity contribution in [3.63, 3.8) is 0 Å². The normalized spacial score (nSPS) is 22.4. The maximum Gasteiger partial charge on any atom is 0.174 e. The van der Waals surface area contributed by atoms with E-state index in [0.717, 1.165) is 11.3 Å². The average Bonchev–Trinajstić information content (AvgIpc) is 2.40. The molecule has 3 rings (SSSR count). The third-order valence-electron chi connectivity index (χ3n) is 2.96. The zero-order valence-electron chi connectivity index (χ0n) is 9.26. The van der Waals surface area contributed by atoms with Crippen molar-refractivity contribution in [2.45, 2.75) is 6.04 Å². The molecule has 2 aliphatic heterocycles. The van der Waals surface area contributed by atoms with E-state index in [1.807, 2.05) is 24.3 Å². The maximum absolute atomic E-state index is 9.75. The second-order valence-electron chi connectivity index (χ2n) is 4.11. The predicted molar refractivity (Wildman–Crippen MR) is 65.1 cm³/mol. The molecule has 3 nitrogen and oxygen atoms in total. The van der Waals surface area contributed by atoms with Crippen LogP contribution in [0.5, 0.6) is 0 Å². The third kappa shape index (κ3) is 1.80. The van der Waals surface area contributed by atoms with Crippen LogP contribution >= 0.6 is 0 Å². The number of aliphatic hydroxyl groups excluding tert-OH is 1. The van der Waals surface area contributed by atoms with Crippen LogP contribution in [-0.2, 0) is 4.74 Å². The number of dihydropyridines is 1. The van der Waals surface area contributed by atoms with Crippen LogP contribution in [0.2, 0.25) is 0 Å². The lowest BCUT2D eigenvalue weighted by Crippen LogP contribution is -2.27. The molecule has 1 unspecified atom stereocenters. The molecule has 3 heteroatoms. The number of hydrogen-bond donors (Lipinski definition) is 2. The number of hydrogen-bond acceptors (Lipinski definition) is 3. The van der Waals surface area contributed by atoms with Crippen molar-refractivity contribution in [2.24, 2.45) is 0 Å². The van der Waals surface area contributed by atoms with Crippen molar-refractivity contribution in [2.75, 3.05) is 6.61 Å². The van der Waals surface area contributed by atoms with Crippen LogP contribution < -0.4 is 5.32 Å². The van der Waals surface area contributed by atoms with E-state index in [1.165, 1.54) is 11.8 Å². The van der Waals surface area contributed by atoms with Gasteiger partial charge in [-0.05, 0) is 5.56 Å². The Labute approximate surface area is 99.7 Å². The van der Waals surface area contributed by atoms with Gasteiger partial charge in [0, 0.05) is 5.57 Å². The molecular formula is C14H13NO2. The van der Waals surface area contributed by atoms with Crippen molar-refractivity contribution in [3.8, 4) is 0 Å². The molecule has 86 valence electrons. The highest BCUT2D eigenvalue weighted by atomic mass is 16.5. The number of benzene rings is 1. The lowest BCUT2D eigenvalue weighted by atomic mass is 9.99. The molecule has 0 bridgehead atoms. The van der Waals surface area contributed by atoms with Crippen LogP contribution in [0.4, 0.5) is 0 Å². The van der Waals surface area contributed by atoms with Crippen LogP contribution in [0.25, 0.3) is 0 Å². The van der Waals surface area contributed by atoms with Crippen molar-refractivity contribution in [3.05, 3.63) is 71.3 Å². The molecule has 2 aliphatic rings. The standard InChI is InChI=1S/C14H13NO2/c16-13-9-17-8-11-6-7-12(15-14(11)13)10-4-2-1-3-5-10/h1-7,9,12,15-16H,8H2. The third-order valence-corrected chi connectivity index (χ3v) is 2.96. The van der Waals surface area contributed by atoms with E-state index in [0.29, 0.717) is 6.61 Å². The Kier molecular flexibility index (Phi) is 2.37. The summed E-state index contributed by atoms with van der Waals surface area (Å²) in [4.78, 5) is 0. The van der Waals surface area contributed by atoms with Crippen molar-refractivity contribution in [1.82, 2.24) is 5.32 Å². The first-order valence-electron chi connectivity index (χ1n) is 5.58. The Morgan fingerprint density at radius 2 is 2.06 bits per heavy atom. The van der Waals surface area contributed by atoms with Gasteiger partial charge in [0.1, 0.15) is 12.9 Å². The summed E-state index contributed by atoms with van der Waals surface area (Å²) in [7, 11) is 0. The molecule has 0 fully saturated rings. The SMILES string of the molecule is OC1=COCC2=C1NC(c1ccccc1)C=C2. The largest absolute Gasteiger partial charge is 0.503 e. The first-order valence-corrected chi connectivity index (χ1v) is 5.58. The molecule has 0 spiro atoms. The van der Waals surface area contributed by atoms with Gasteiger partial charge in [0.15, 0.2) is 5.76 Å². The highest BCUT2D eigenvalue weighted by Gasteiger charge is 2.21. The fourth-order valence-electron chi connectivity index (χ4n) is 2.07. The molecule has 2 heterocycles. The molecule has 2 N–H and O–H groups in total. The van der Waals surface area contributed by atoms with E-state index in [9.17, 15) is 5.11 Å². The van der Waals surface area contributed by atoms with E-state index in [4.69, 9.17) is 4.74 Å². The molecule has 0 radical (unpaired) electrons. The van der Waals surface area contributed by atoms with Crippen LogP contribution in [0.1, 0.15) is 11.6 Å². The van der Waals surface area contributed by atoms with Gasteiger partial charge in [-0.25, -0.2) is 0 Å². The monoisotopic (exact) mass is 227 g/mol. The Hall–Kier alpha value is -2.16. The number of nitrogens with one attached hydrogen (secondary N) is 1. The summed E-state index contributed by atoms with van der Waals surface area (Å²) in [6.07, 6.45) is 5.47. The van der Waals surface area contributed by atoms with Crippen LogP contribution in [0.3, 0.4) is 0 Å². The maximum atomic E-state index is 9.75. The Balaban J connectivity index is 1.89. The molecule has 17 heavy (non-hydrogen) atoms. The first kappa shape index (κ1) is 10.0. The van der Waals surface area contributed by atoms with Crippen molar-refractivity contribution in [1.29, 1.82) is 0 Å². The Morgan fingerprint density at radius 3 is 2.88 bits per heavy atom. The molecule has 0 aromatic heterocycles. The summed E-state index contributed by atoms with van der Waals surface area (Å²) in [6, 6.07) is 10.2. The summed E-state index contributed by atoms with van der Waals surface area (Å²) in [6.45, 7) is 0.504. The zero-order chi connectivity index (χ0) is 11.7. The van der Waals surface area contributed by atoms with Gasteiger partial charge in [-0.1, -0.05) is 42.5 Å². The minimum atomic E-state index is 0.101. The molecule has 0 saturated carbocycles. The van der Waals surface area contributed by atoms with Gasteiger partial charge in [0.25, 0.3) is 0 Å². The van der Waals surface area contributed by atoms with Gasteiger partial charge in [-0.3, -0.25) is 0 Å². The number of ether oxygens (including phenoxy) is 1. The second kappa shape index (κ2) is 4.01. The average molecular weight is 227 g/mol. The Bertz CT molecular complexity index is 514. The van der Waals surface area contributed by atoms with E-state index in [1.54, 1.807) is 0 Å². The molecular weight excluding hydrogens is 214 g/mol. The molecule has 0 saturated heterocycles. The summed E-state index contributed by atoms with van der Waals surface area (Å²) >= 11 is 0. The molecule has 0 amide bonds. The summed E-state index contributed by atoms with van der Waals surface area (Å²) < 4.78 is 5.13. The molecule has 0 aliphatic carbocycles. The van der Waals surface area contributed by atoms with E-state index in [2.05, 4.69) is 23.5 Å². The fraction of sp³-hybridized carbons (Fsp3) is 0.143. The van der Waals surface area contributed by atoms with Crippen LogP contribution in [0, 0.1) is 0 Å². The molecule has 1 aromatic carbocycles. The zero-order valence-corrected chi connectivity index (χ0v) is 9.26. The topological polar surface area (TPSA) is 41.5 Å². The summed E-state index contributed by atoms with van der Waals surface area (Å²) in [5, 5.41) is 13.1. The number of rotatable bonds is 1. The first-order chi connectivity index (χ1) is 8.34. The summed E-state index contributed by atoms with van der Waals surface area (Å²) in [5.74, 6) is 0.163. The van der Waals surface area contributed by atoms with E-state index in [-0.39, 0.29) is 11.8 Å². The van der Waals surface area contributed by atoms with Gasteiger partial charge in [0.05, 0.1) is 11.7 Å². The van der Waals surface area contributed by atoms with Crippen LogP contribution in [-0.4, -0.2) is 11.7 Å². The molecule has 1 atom stereocenters. The number of aliphatic hydroxyl groups is 1.